The smallest absolute Gasteiger partial charge is 0.315 e. The van der Waals surface area contributed by atoms with Crippen molar-refractivity contribution < 1.29 is 19.7 Å². The van der Waals surface area contributed by atoms with Crippen LogP contribution in [0.2, 0.25) is 0 Å². The van der Waals surface area contributed by atoms with Crippen LogP contribution in [-0.4, -0.2) is 56.4 Å². The minimum Gasteiger partial charge on any atom is -0.504 e. The fourth-order valence-electron chi connectivity index (χ4n) is 3.00. The number of piperazine rings is 1. The van der Waals surface area contributed by atoms with Crippen molar-refractivity contribution in [3.8, 4) is 23.0 Å². The van der Waals surface area contributed by atoms with Gasteiger partial charge in [-0.15, -0.1) is 0 Å². The Hall–Kier alpha value is -3.89. The average Bonchev–Trinajstić information content (AvgIpc) is 3.21. The third-order valence-corrected chi connectivity index (χ3v) is 4.46. The number of pyridine rings is 1. The molecule has 0 amide bonds. The van der Waals surface area contributed by atoms with Crippen LogP contribution in [0.25, 0.3) is 11.5 Å². The third kappa shape index (κ3) is 3.24. The number of rotatable bonds is 4. The van der Waals surface area contributed by atoms with Crippen molar-refractivity contribution in [1.29, 1.82) is 0 Å². The Kier molecular flexibility index (Phi) is 4.39. The van der Waals surface area contributed by atoms with E-state index in [1.807, 2.05) is 23.1 Å². The molecule has 144 valence electrons. The Morgan fingerprint density at radius 3 is 2.54 bits per heavy atom. The Morgan fingerprint density at radius 1 is 1.11 bits per heavy atom. The fourth-order valence-corrected chi connectivity index (χ4v) is 3.00. The first kappa shape index (κ1) is 17.5. The van der Waals surface area contributed by atoms with Crippen LogP contribution in [0.1, 0.15) is 0 Å². The van der Waals surface area contributed by atoms with Gasteiger partial charge in [0.15, 0.2) is 5.75 Å². The first-order chi connectivity index (χ1) is 13.5. The monoisotopic (exact) mass is 384 g/mol. The molecule has 1 aliphatic rings. The number of aromatic hydroxyl groups is 2. The van der Waals surface area contributed by atoms with Crippen LogP contribution in [-0.2, 0) is 0 Å². The molecule has 28 heavy (non-hydrogen) atoms. The van der Waals surface area contributed by atoms with Crippen molar-refractivity contribution >= 4 is 17.5 Å². The number of nitro groups is 1. The number of aromatic nitrogens is 3. The summed E-state index contributed by atoms with van der Waals surface area (Å²) < 4.78 is 5.20. The second-order valence-corrected chi connectivity index (χ2v) is 6.18. The van der Waals surface area contributed by atoms with Gasteiger partial charge in [-0.05, 0) is 23.4 Å². The van der Waals surface area contributed by atoms with Gasteiger partial charge in [-0.3, -0.25) is 10.1 Å². The number of nitro benzene ring substituents is 1. The molecule has 1 aliphatic heterocycles. The summed E-state index contributed by atoms with van der Waals surface area (Å²) in [5, 5.41) is 34.2. The summed E-state index contributed by atoms with van der Waals surface area (Å²) in [6.45, 7) is 2.76. The number of phenolic OH excluding ortho intramolecular Hbond substituents is 2. The molecule has 1 saturated heterocycles. The summed E-state index contributed by atoms with van der Waals surface area (Å²) in [4.78, 5) is 22.9. The highest BCUT2D eigenvalue weighted by Crippen LogP contribution is 2.39. The summed E-state index contributed by atoms with van der Waals surface area (Å²) in [6.07, 6.45) is 1.75. The predicted octanol–water partition coefficient (Wildman–Crippen LogP) is 1.78. The molecule has 0 bridgehead atoms. The standard InChI is InChI=1S/C17H16N6O5/c24-13-10-11(9-12(15(13)25)23(26)27)16-19-17(20-28-16)22-7-5-21(6-8-22)14-3-1-2-4-18-14/h1-4,9-10,24-25H,5-8H2. The lowest BCUT2D eigenvalue weighted by atomic mass is 10.1. The Bertz CT molecular complexity index is 1000. The Balaban J connectivity index is 1.51. The van der Waals surface area contributed by atoms with Gasteiger partial charge >= 0.3 is 5.69 Å². The molecular weight excluding hydrogens is 368 g/mol. The maximum atomic E-state index is 11.0. The molecule has 1 fully saturated rings. The van der Waals surface area contributed by atoms with Gasteiger partial charge in [-0.2, -0.15) is 4.98 Å². The molecule has 0 radical (unpaired) electrons. The minimum absolute atomic E-state index is 0.0144. The van der Waals surface area contributed by atoms with E-state index < -0.39 is 22.1 Å². The van der Waals surface area contributed by atoms with E-state index in [0.717, 1.165) is 31.0 Å². The van der Waals surface area contributed by atoms with E-state index in [9.17, 15) is 20.3 Å². The highest BCUT2D eigenvalue weighted by atomic mass is 16.6. The first-order valence-electron chi connectivity index (χ1n) is 8.48. The van der Waals surface area contributed by atoms with Gasteiger partial charge in [0.1, 0.15) is 5.82 Å². The molecule has 3 aromatic rings. The van der Waals surface area contributed by atoms with Gasteiger partial charge in [0.25, 0.3) is 11.8 Å². The zero-order valence-electron chi connectivity index (χ0n) is 14.6. The lowest BCUT2D eigenvalue weighted by Crippen LogP contribution is -2.47. The van der Waals surface area contributed by atoms with Crippen LogP contribution in [0.3, 0.4) is 0 Å². The van der Waals surface area contributed by atoms with E-state index in [1.54, 1.807) is 6.20 Å². The number of hydrogen-bond donors (Lipinski definition) is 2. The van der Waals surface area contributed by atoms with Crippen molar-refractivity contribution in [2.24, 2.45) is 0 Å². The van der Waals surface area contributed by atoms with Crippen molar-refractivity contribution in [3.63, 3.8) is 0 Å². The second kappa shape index (κ2) is 7.02. The maximum absolute atomic E-state index is 11.0. The van der Waals surface area contributed by atoms with Gasteiger partial charge < -0.3 is 24.5 Å². The second-order valence-electron chi connectivity index (χ2n) is 6.18. The topological polar surface area (TPSA) is 142 Å². The molecule has 0 spiro atoms. The average molecular weight is 384 g/mol. The number of nitrogens with zero attached hydrogens (tertiary/aromatic N) is 6. The molecule has 3 heterocycles. The fraction of sp³-hybridized carbons (Fsp3) is 0.235. The van der Waals surface area contributed by atoms with Crippen molar-refractivity contribution in [3.05, 3.63) is 46.6 Å². The van der Waals surface area contributed by atoms with Gasteiger partial charge in [0.05, 0.1) is 10.5 Å². The molecule has 0 unspecified atom stereocenters. The van der Waals surface area contributed by atoms with Crippen LogP contribution >= 0.6 is 0 Å². The minimum atomic E-state index is -0.806. The number of phenols is 2. The van der Waals surface area contributed by atoms with Gasteiger partial charge in [0.2, 0.25) is 5.75 Å². The number of hydrogen-bond acceptors (Lipinski definition) is 10. The van der Waals surface area contributed by atoms with E-state index in [0.29, 0.717) is 19.0 Å². The summed E-state index contributed by atoms with van der Waals surface area (Å²) >= 11 is 0. The Labute approximate surface area is 158 Å². The first-order valence-corrected chi connectivity index (χ1v) is 8.48. The van der Waals surface area contributed by atoms with E-state index in [1.165, 1.54) is 0 Å². The van der Waals surface area contributed by atoms with E-state index in [2.05, 4.69) is 20.0 Å². The van der Waals surface area contributed by atoms with E-state index in [-0.39, 0.29) is 11.5 Å². The van der Waals surface area contributed by atoms with E-state index in [4.69, 9.17) is 4.52 Å². The zero-order chi connectivity index (χ0) is 19.7. The molecule has 0 atom stereocenters. The number of anilines is 2. The number of benzene rings is 1. The summed E-state index contributed by atoms with van der Waals surface area (Å²) in [7, 11) is 0. The quantitative estimate of drug-likeness (QED) is 0.388. The SMILES string of the molecule is O=[N+]([O-])c1cc(-c2nc(N3CCN(c4ccccn4)CC3)no2)cc(O)c1O. The molecule has 0 saturated carbocycles. The maximum Gasteiger partial charge on any atom is 0.315 e. The van der Waals surface area contributed by atoms with Gasteiger partial charge in [-0.1, -0.05) is 6.07 Å². The highest BCUT2D eigenvalue weighted by Gasteiger charge is 2.25. The predicted molar refractivity (Wildman–Crippen MR) is 98.4 cm³/mol. The molecule has 2 aromatic heterocycles. The molecule has 0 aliphatic carbocycles. The van der Waals surface area contributed by atoms with E-state index >= 15 is 0 Å². The van der Waals surface area contributed by atoms with Gasteiger partial charge in [-0.25, -0.2) is 4.98 Å². The molecular formula is C17H16N6O5. The van der Waals surface area contributed by atoms with Crippen LogP contribution in [0.15, 0.2) is 41.1 Å². The third-order valence-electron chi connectivity index (χ3n) is 4.46. The molecule has 4 rings (SSSR count). The van der Waals surface area contributed by atoms with Crippen LogP contribution in [0, 0.1) is 10.1 Å². The van der Waals surface area contributed by atoms with Crippen molar-refractivity contribution in [1.82, 2.24) is 15.1 Å². The lowest BCUT2D eigenvalue weighted by molar-refractivity contribution is -0.385. The Morgan fingerprint density at radius 2 is 1.86 bits per heavy atom. The zero-order valence-corrected chi connectivity index (χ0v) is 14.6. The largest absolute Gasteiger partial charge is 0.504 e. The molecule has 2 N–H and O–H groups in total. The normalized spacial score (nSPS) is 14.3. The van der Waals surface area contributed by atoms with Crippen LogP contribution in [0.5, 0.6) is 11.5 Å². The van der Waals surface area contributed by atoms with Crippen LogP contribution < -0.4 is 9.80 Å². The highest BCUT2D eigenvalue weighted by molar-refractivity contribution is 5.68. The van der Waals surface area contributed by atoms with Crippen LogP contribution in [0.4, 0.5) is 17.5 Å². The lowest BCUT2D eigenvalue weighted by Gasteiger charge is -2.34. The molecule has 11 heteroatoms. The molecule has 11 nitrogen and oxygen atoms in total. The summed E-state index contributed by atoms with van der Waals surface area (Å²) in [5.74, 6) is -0.165. The molecule has 1 aromatic carbocycles. The van der Waals surface area contributed by atoms with Gasteiger partial charge in [0, 0.05) is 38.4 Å². The summed E-state index contributed by atoms with van der Waals surface area (Å²) in [5.41, 5.74) is -0.494. The van der Waals surface area contributed by atoms with Crippen molar-refractivity contribution in [2.75, 3.05) is 36.0 Å². The van der Waals surface area contributed by atoms with Crippen molar-refractivity contribution in [2.45, 2.75) is 0 Å². The summed E-state index contributed by atoms with van der Waals surface area (Å²) in [6, 6.07) is 7.97.